The smallest absolute Gasteiger partial charge is 0.410 e. The summed E-state index contributed by atoms with van der Waals surface area (Å²) < 4.78 is 30.9. The predicted molar refractivity (Wildman–Crippen MR) is 112 cm³/mol. The number of rotatable bonds is 5. The van der Waals surface area contributed by atoms with Crippen molar-refractivity contribution in [1.82, 2.24) is 9.80 Å². The second-order valence-electron chi connectivity index (χ2n) is 9.01. The second kappa shape index (κ2) is 8.50. The summed E-state index contributed by atoms with van der Waals surface area (Å²) in [6.45, 7) is 8.08. The van der Waals surface area contributed by atoms with Crippen LogP contribution in [0.1, 0.15) is 39.2 Å². The van der Waals surface area contributed by atoms with Crippen LogP contribution in [0.3, 0.4) is 0 Å². The van der Waals surface area contributed by atoms with Crippen molar-refractivity contribution in [3.05, 3.63) is 39.9 Å². The zero-order valence-corrected chi connectivity index (χ0v) is 18.4. The highest BCUT2D eigenvalue weighted by Crippen LogP contribution is 2.26. The van der Waals surface area contributed by atoms with Gasteiger partial charge in [-0.05, 0) is 52.3 Å². The molecule has 0 N–H and O–H groups in total. The summed E-state index contributed by atoms with van der Waals surface area (Å²) in [5.74, 6) is -0.106. The minimum Gasteiger partial charge on any atom is -0.444 e. The van der Waals surface area contributed by atoms with Gasteiger partial charge in [-0.25, -0.2) is 13.2 Å². The van der Waals surface area contributed by atoms with Gasteiger partial charge in [-0.3, -0.25) is 15.0 Å². The maximum atomic E-state index is 12.8. The van der Waals surface area contributed by atoms with Gasteiger partial charge in [0.25, 0.3) is 5.69 Å². The number of nitrogens with zero attached hydrogens (tertiary/aromatic N) is 3. The maximum absolute atomic E-state index is 12.8. The van der Waals surface area contributed by atoms with Crippen molar-refractivity contribution < 1.29 is 22.9 Å². The lowest BCUT2D eigenvalue weighted by molar-refractivity contribution is -0.384. The molecule has 2 fully saturated rings. The highest BCUT2D eigenvalue weighted by molar-refractivity contribution is 7.91. The van der Waals surface area contributed by atoms with Crippen LogP contribution in [0.2, 0.25) is 0 Å². The van der Waals surface area contributed by atoms with Crippen LogP contribution in [0.5, 0.6) is 0 Å². The fourth-order valence-corrected chi connectivity index (χ4v) is 5.65. The van der Waals surface area contributed by atoms with Crippen molar-refractivity contribution in [2.75, 3.05) is 26.2 Å². The van der Waals surface area contributed by atoms with Crippen molar-refractivity contribution in [1.29, 1.82) is 0 Å². The number of hydrogen-bond acceptors (Lipinski definition) is 7. The predicted octanol–water partition coefficient (Wildman–Crippen LogP) is 2.59. The number of amides is 1. The quantitative estimate of drug-likeness (QED) is 0.512. The molecule has 2 saturated heterocycles. The molecule has 10 heteroatoms. The van der Waals surface area contributed by atoms with Crippen molar-refractivity contribution in [2.24, 2.45) is 0 Å². The third-order valence-corrected chi connectivity index (χ3v) is 7.75. The van der Waals surface area contributed by atoms with Crippen LogP contribution in [-0.4, -0.2) is 72.3 Å². The molecule has 2 aliphatic heterocycles. The lowest BCUT2D eigenvalue weighted by Gasteiger charge is -2.47. The van der Waals surface area contributed by atoms with Gasteiger partial charge >= 0.3 is 6.09 Å². The van der Waals surface area contributed by atoms with E-state index in [4.69, 9.17) is 4.74 Å². The summed E-state index contributed by atoms with van der Waals surface area (Å²) in [5.41, 5.74) is -0.00107. The molecule has 3 rings (SSSR count). The Morgan fingerprint density at radius 2 is 1.73 bits per heavy atom. The number of likely N-dealkylation sites (tertiary alicyclic amines) is 2. The Balaban J connectivity index is 1.47. The van der Waals surface area contributed by atoms with Gasteiger partial charge in [0.15, 0.2) is 9.84 Å². The number of carbonyl (C=O) groups is 1. The molecule has 2 heterocycles. The van der Waals surface area contributed by atoms with Crippen LogP contribution >= 0.6 is 0 Å². The minimum atomic E-state index is -3.33. The first-order valence-corrected chi connectivity index (χ1v) is 11.8. The minimum absolute atomic E-state index is 0.0506. The topological polar surface area (TPSA) is 110 Å². The SMILES string of the molecule is CC(C)(C)OC(=O)N1CC(N2CCC(S(=O)(=O)Cc3ccc([N+](=O)[O-])cc3)CC2)C1. The van der Waals surface area contributed by atoms with Gasteiger partial charge in [0.2, 0.25) is 0 Å². The molecule has 2 aliphatic rings. The van der Waals surface area contributed by atoms with E-state index in [2.05, 4.69) is 4.90 Å². The van der Waals surface area contributed by atoms with Gasteiger partial charge in [-0.1, -0.05) is 12.1 Å². The normalized spacial score (nSPS) is 19.4. The molecule has 0 aromatic heterocycles. The van der Waals surface area contributed by atoms with Gasteiger partial charge in [0.05, 0.1) is 15.9 Å². The second-order valence-corrected chi connectivity index (χ2v) is 11.3. The molecule has 1 amide bonds. The number of nitro groups is 1. The van der Waals surface area contributed by atoms with E-state index in [-0.39, 0.29) is 23.6 Å². The number of piperidine rings is 1. The number of sulfone groups is 1. The molecule has 0 aliphatic carbocycles. The molecule has 0 saturated carbocycles. The monoisotopic (exact) mass is 439 g/mol. The van der Waals surface area contributed by atoms with Crippen LogP contribution in [0.25, 0.3) is 0 Å². The Hall–Kier alpha value is -2.20. The average molecular weight is 440 g/mol. The van der Waals surface area contributed by atoms with Crippen LogP contribution in [0, 0.1) is 10.1 Å². The summed E-state index contributed by atoms with van der Waals surface area (Å²) in [7, 11) is -3.33. The van der Waals surface area contributed by atoms with E-state index in [1.807, 2.05) is 20.8 Å². The zero-order valence-electron chi connectivity index (χ0n) is 17.6. The molecule has 0 unspecified atom stereocenters. The molecule has 0 bridgehead atoms. The van der Waals surface area contributed by atoms with Crippen molar-refractivity contribution >= 4 is 21.6 Å². The van der Waals surface area contributed by atoms with E-state index >= 15 is 0 Å². The summed E-state index contributed by atoms with van der Waals surface area (Å²) in [6, 6.07) is 5.92. The summed E-state index contributed by atoms with van der Waals surface area (Å²) >= 11 is 0. The first-order chi connectivity index (χ1) is 13.9. The van der Waals surface area contributed by atoms with Gasteiger partial charge in [0, 0.05) is 31.3 Å². The van der Waals surface area contributed by atoms with Crippen LogP contribution < -0.4 is 0 Å². The van der Waals surface area contributed by atoms with E-state index in [1.54, 1.807) is 4.90 Å². The Labute approximate surface area is 177 Å². The van der Waals surface area contributed by atoms with Crippen molar-refractivity contribution in [2.45, 2.75) is 56.3 Å². The van der Waals surface area contributed by atoms with Gasteiger partial charge < -0.3 is 9.64 Å². The Morgan fingerprint density at radius 1 is 1.17 bits per heavy atom. The molecule has 0 radical (unpaired) electrons. The molecule has 166 valence electrons. The number of ether oxygens (including phenoxy) is 1. The summed E-state index contributed by atoms with van der Waals surface area (Å²) in [4.78, 5) is 26.2. The first kappa shape index (κ1) is 22.5. The van der Waals surface area contributed by atoms with Gasteiger partial charge in [-0.15, -0.1) is 0 Å². The van der Waals surface area contributed by atoms with Gasteiger partial charge in [0.1, 0.15) is 5.60 Å². The summed E-state index contributed by atoms with van der Waals surface area (Å²) in [6.07, 6.45) is 0.801. The summed E-state index contributed by atoms with van der Waals surface area (Å²) in [5, 5.41) is 10.3. The number of carbonyl (C=O) groups excluding carboxylic acids is 1. The largest absolute Gasteiger partial charge is 0.444 e. The molecule has 1 aromatic rings. The van der Waals surface area contributed by atoms with E-state index in [9.17, 15) is 23.3 Å². The molecular formula is C20H29N3O6S. The van der Waals surface area contributed by atoms with Crippen LogP contribution in [0.4, 0.5) is 10.5 Å². The standard InChI is InChI=1S/C20H29N3O6S/c1-20(2,3)29-19(24)22-12-17(13-22)21-10-8-18(9-11-21)30(27,28)14-15-4-6-16(7-5-15)23(25)26/h4-7,17-18H,8-14H2,1-3H3. The highest BCUT2D eigenvalue weighted by Gasteiger charge is 2.39. The van der Waals surface area contributed by atoms with Gasteiger partial charge in [-0.2, -0.15) is 0 Å². The van der Waals surface area contributed by atoms with Crippen LogP contribution in [-0.2, 0) is 20.3 Å². The molecule has 9 nitrogen and oxygen atoms in total. The average Bonchev–Trinajstić information content (AvgIpc) is 2.59. The Morgan fingerprint density at radius 3 is 2.23 bits per heavy atom. The fourth-order valence-electron chi connectivity index (χ4n) is 3.83. The van der Waals surface area contributed by atoms with E-state index in [1.165, 1.54) is 24.3 Å². The Bertz CT molecular complexity index is 880. The molecule has 30 heavy (non-hydrogen) atoms. The highest BCUT2D eigenvalue weighted by atomic mass is 32.2. The number of benzene rings is 1. The molecule has 0 spiro atoms. The molecular weight excluding hydrogens is 410 g/mol. The van der Waals surface area contributed by atoms with Crippen molar-refractivity contribution in [3.63, 3.8) is 0 Å². The number of hydrogen-bond donors (Lipinski definition) is 0. The lowest BCUT2D eigenvalue weighted by atomic mass is 10.0. The molecule has 0 atom stereocenters. The van der Waals surface area contributed by atoms with E-state index < -0.39 is 25.6 Å². The third kappa shape index (κ3) is 5.48. The van der Waals surface area contributed by atoms with Crippen LogP contribution in [0.15, 0.2) is 24.3 Å². The molecule has 1 aromatic carbocycles. The van der Waals surface area contributed by atoms with E-state index in [0.717, 1.165) is 0 Å². The Kier molecular flexibility index (Phi) is 6.37. The number of non-ortho nitro benzene ring substituents is 1. The number of nitro benzene ring substituents is 1. The van der Waals surface area contributed by atoms with E-state index in [0.29, 0.717) is 44.6 Å². The van der Waals surface area contributed by atoms with Crippen molar-refractivity contribution in [3.8, 4) is 0 Å². The third-order valence-electron chi connectivity index (χ3n) is 5.53. The zero-order chi connectivity index (χ0) is 22.1. The first-order valence-electron chi connectivity index (χ1n) is 10.1. The fraction of sp³-hybridized carbons (Fsp3) is 0.650. The lowest BCUT2D eigenvalue weighted by Crippen LogP contribution is -2.63. The maximum Gasteiger partial charge on any atom is 0.410 e.